The zero-order valence-corrected chi connectivity index (χ0v) is 13.7. The van der Waals surface area contributed by atoms with Crippen molar-refractivity contribution in [3.8, 4) is 10.7 Å². The molecule has 0 aliphatic carbocycles. The number of hydrogen-bond donors (Lipinski definition) is 1. The maximum Gasteiger partial charge on any atom is 0.274 e. The molecule has 3 rings (SSSR count). The Balaban J connectivity index is 1.82. The Morgan fingerprint density at radius 2 is 2.22 bits per heavy atom. The largest absolute Gasteiger partial charge is 0.357 e. The van der Waals surface area contributed by atoms with Gasteiger partial charge in [0, 0.05) is 25.2 Å². The number of carbonyl (C=O) groups excluding carboxylic acids is 2. The maximum absolute atomic E-state index is 12.7. The summed E-state index contributed by atoms with van der Waals surface area (Å²) < 4.78 is 0. The van der Waals surface area contributed by atoms with Crippen LogP contribution in [0.4, 0.5) is 0 Å². The van der Waals surface area contributed by atoms with Gasteiger partial charge in [-0.15, -0.1) is 11.3 Å². The number of piperidine rings is 1. The molecule has 0 radical (unpaired) electrons. The highest BCUT2D eigenvalue weighted by atomic mass is 32.1. The topological polar surface area (TPSA) is 75.2 Å². The van der Waals surface area contributed by atoms with Crippen LogP contribution in [0.1, 0.15) is 29.8 Å². The molecule has 0 saturated carbocycles. The fourth-order valence-electron chi connectivity index (χ4n) is 2.74. The van der Waals surface area contributed by atoms with Crippen LogP contribution < -0.4 is 5.32 Å². The number of hydrogen-bond acceptors (Lipinski definition) is 5. The Morgan fingerprint density at radius 3 is 2.96 bits per heavy atom. The normalized spacial score (nSPS) is 17.8. The van der Waals surface area contributed by atoms with Crippen molar-refractivity contribution in [2.24, 2.45) is 0 Å². The molecular formula is C16H18N4O2S. The quantitative estimate of drug-likeness (QED) is 0.933. The van der Waals surface area contributed by atoms with Crippen LogP contribution in [-0.2, 0) is 4.79 Å². The fourth-order valence-corrected chi connectivity index (χ4v) is 3.51. The van der Waals surface area contributed by atoms with Crippen LogP contribution >= 0.6 is 11.3 Å². The predicted molar refractivity (Wildman–Crippen MR) is 88.1 cm³/mol. The minimum Gasteiger partial charge on any atom is -0.357 e. The van der Waals surface area contributed by atoms with E-state index < -0.39 is 6.04 Å². The van der Waals surface area contributed by atoms with Crippen molar-refractivity contribution in [2.75, 3.05) is 13.6 Å². The average molecular weight is 330 g/mol. The molecule has 3 heterocycles. The van der Waals surface area contributed by atoms with E-state index in [0.29, 0.717) is 23.7 Å². The second-order valence-corrected chi connectivity index (χ2v) is 6.24. The van der Waals surface area contributed by atoms with E-state index in [-0.39, 0.29) is 11.8 Å². The summed E-state index contributed by atoms with van der Waals surface area (Å²) in [6.07, 6.45) is 4.27. The summed E-state index contributed by atoms with van der Waals surface area (Å²) in [6, 6.07) is 5.19. The van der Waals surface area contributed by atoms with Gasteiger partial charge in [0.2, 0.25) is 5.91 Å². The van der Waals surface area contributed by atoms with Crippen LogP contribution in [0.5, 0.6) is 0 Å². The molecule has 7 heteroatoms. The Labute approximate surface area is 138 Å². The Kier molecular flexibility index (Phi) is 4.66. The first kappa shape index (κ1) is 15.6. The molecule has 6 nitrogen and oxygen atoms in total. The number of thiazole rings is 1. The van der Waals surface area contributed by atoms with Gasteiger partial charge in [-0.3, -0.25) is 14.6 Å². The SMILES string of the molecule is CNC(=O)C1CCCCN1C(=O)c1csc(-c2ccccn2)n1. The van der Waals surface area contributed by atoms with E-state index in [2.05, 4.69) is 15.3 Å². The standard InChI is InChI=1S/C16H18N4O2S/c1-17-14(21)13-7-3-5-9-20(13)16(22)12-10-23-15(19-12)11-6-2-4-8-18-11/h2,4,6,8,10,13H,3,5,7,9H2,1H3,(H,17,21). The zero-order valence-electron chi connectivity index (χ0n) is 12.9. The fraction of sp³-hybridized carbons (Fsp3) is 0.375. The van der Waals surface area contributed by atoms with Gasteiger partial charge in [-0.2, -0.15) is 0 Å². The molecule has 0 bridgehead atoms. The number of rotatable bonds is 3. The van der Waals surface area contributed by atoms with E-state index in [1.807, 2.05) is 18.2 Å². The Bertz CT molecular complexity index is 701. The lowest BCUT2D eigenvalue weighted by molar-refractivity contribution is -0.126. The molecule has 0 aromatic carbocycles. The monoisotopic (exact) mass is 330 g/mol. The molecule has 1 fully saturated rings. The maximum atomic E-state index is 12.7. The van der Waals surface area contributed by atoms with Gasteiger partial charge in [-0.05, 0) is 31.4 Å². The molecule has 1 aliphatic heterocycles. The third-order valence-corrected chi connectivity index (χ3v) is 4.78. The first-order valence-electron chi connectivity index (χ1n) is 7.60. The van der Waals surface area contributed by atoms with Crippen molar-refractivity contribution in [1.82, 2.24) is 20.2 Å². The molecule has 2 amide bonds. The smallest absolute Gasteiger partial charge is 0.274 e. The van der Waals surface area contributed by atoms with Crippen molar-refractivity contribution >= 4 is 23.2 Å². The lowest BCUT2D eigenvalue weighted by atomic mass is 10.0. The average Bonchev–Trinajstić information content (AvgIpc) is 3.11. The second-order valence-electron chi connectivity index (χ2n) is 5.38. The summed E-state index contributed by atoms with van der Waals surface area (Å²) in [4.78, 5) is 35.0. The van der Waals surface area contributed by atoms with Gasteiger partial charge < -0.3 is 10.2 Å². The summed E-state index contributed by atoms with van der Waals surface area (Å²) >= 11 is 1.39. The first-order chi connectivity index (χ1) is 11.2. The van der Waals surface area contributed by atoms with Gasteiger partial charge in [0.05, 0.1) is 5.69 Å². The Morgan fingerprint density at radius 1 is 1.35 bits per heavy atom. The number of nitrogens with one attached hydrogen (secondary N) is 1. The highest BCUT2D eigenvalue weighted by Gasteiger charge is 2.33. The second kappa shape index (κ2) is 6.87. The van der Waals surface area contributed by atoms with Crippen LogP contribution in [0.2, 0.25) is 0 Å². The van der Waals surface area contributed by atoms with E-state index >= 15 is 0 Å². The molecular weight excluding hydrogens is 312 g/mol. The third kappa shape index (κ3) is 3.24. The molecule has 1 saturated heterocycles. The first-order valence-corrected chi connectivity index (χ1v) is 8.48. The van der Waals surface area contributed by atoms with E-state index in [4.69, 9.17) is 0 Å². The summed E-state index contributed by atoms with van der Waals surface area (Å²) in [5, 5.41) is 5.09. The molecule has 23 heavy (non-hydrogen) atoms. The zero-order chi connectivity index (χ0) is 16.2. The highest BCUT2D eigenvalue weighted by molar-refractivity contribution is 7.13. The van der Waals surface area contributed by atoms with Gasteiger partial charge in [0.15, 0.2) is 0 Å². The molecule has 120 valence electrons. The van der Waals surface area contributed by atoms with Crippen molar-refractivity contribution in [3.63, 3.8) is 0 Å². The van der Waals surface area contributed by atoms with E-state index in [9.17, 15) is 9.59 Å². The van der Waals surface area contributed by atoms with Crippen LogP contribution in [0, 0.1) is 0 Å². The highest BCUT2D eigenvalue weighted by Crippen LogP contribution is 2.24. The lowest BCUT2D eigenvalue weighted by Crippen LogP contribution is -2.51. The predicted octanol–water partition coefficient (Wildman–Crippen LogP) is 1.95. The molecule has 0 spiro atoms. The van der Waals surface area contributed by atoms with Crippen LogP contribution in [0.25, 0.3) is 10.7 Å². The Hall–Kier alpha value is -2.28. The molecule has 2 aromatic heterocycles. The van der Waals surface area contributed by atoms with Gasteiger partial charge in [-0.1, -0.05) is 6.07 Å². The number of likely N-dealkylation sites (tertiary alicyclic amines) is 1. The van der Waals surface area contributed by atoms with Crippen molar-refractivity contribution in [3.05, 3.63) is 35.5 Å². The summed E-state index contributed by atoms with van der Waals surface area (Å²) in [6.45, 7) is 0.591. The lowest BCUT2D eigenvalue weighted by Gasteiger charge is -2.33. The molecule has 1 unspecified atom stereocenters. The van der Waals surface area contributed by atoms with Crippen molar-refractivity contribution in [2.45, 2.75) is 25.3 Å². The molecule has 1 aliphatic rings. The van der Waals surface area contributed by atoms with Gasteiger partial charge in [0.25, 0.3) is 5.91 Å². The van der Waals surface area contributed by atoms with E-state index in [1.165, 1.54) is 11.3 Å². The summed E-state index contributed by atoms with van der Waals surface area (Å²) in [5.41, 5.74) is 1.13. The third-order valence-electron chi connectivity index (χ3n) is 3.92. The van der Waals surface area contributed by atoms with Crippen LogP contribution in [0.3, 0.4) is 0 Å². The van der Waals surface area contributed by atoms with Gasteiger partial charge in [0.1, 0.15) is 16.7 Å². The summed E-state index contributed by atoms with van der Waals surface area (Å²) in [5.74, 6) is -0.296. The number of aromatic nitrogens is 2. The van der Waals surface area contributed by atoms with Crippen LogP contribution in [0.15, 0.2) is 29.8 Å². The molecule has 2 aromatic rings. The van der Waals surface area contributed by atoms with Crippen LogP contribution in [-0.4, -0.2) is 46.3 Å². The van der Waals surface area contributed by atoms with Crippen molar-refractivity contribution < 1.29 is 9.59 Å². The van der Waals surface area contributed by atoms with E-state index in [1.54, 1.807) is 23.5 Å². The molecule has 1 N–H and O–H groups in total. The molecule has 1 atom stereocenters. The number of carbonyl (C=O) groups is 2. The summed E-state index contributed by atoms with van der Waals surface area (Å²) in [7, 11) is 1.60. The van der Waals surface area contributed by atoms with Crippen molar-refractivity contribution in [1.29, 1.82) is 0 Å². The number of amides is 2. The van der Waals surface area contributed by atoms with Gasteiger partial charge in [-0.25, -0.2) is 4.98 Å². The number of likely N-dealkylation sites (N-methyl/N-ethyl adjacent to an activating group) is 1. The minimum absolute atomic E-state index is 0.113. The number of nitrogens with zero attached hydrogens (tertiary/aromatic N) is 3. The minimum atomic E-state index is -0.402. The van der Waals surface area contributed by atoms with E-state index in [0.717, 1.165) is 18.5 Å². The number of pyridine rings is 1. The van der Waals surface area contributed by atoms with Gasteiger partial charge >= 0.3 is 0 Å².